The zero-order valence-electron chi connectivity index (χ0n) is 11.3. The molecule has 0 amide bonds. The third-order valence-corrected chi connectivity index (χ3v) is 2.88. The van der Waals surface area contributed by atoms with Crippen molar-refractivity contribution in [1.29, 1.82) is 0 Å². The van der Waals surface area contributed by atoms with Gasteiger partial charge in [-0.2, -0.15) is 4.98 Å². The lowest BCUT2D eigenvalue weighted by molar-refractivity contribution is 0.332. The molecule has 0 saturated carbocycles. The molecule has 2 aromatic heterocycles. The SMILES string of the molecule is CC(C)C[C@H](CN)Cc1nc(-c2ccncn2)no1. The summed E-state index contributed by atoms with van der Waals surface area (Å²) in [6.45, 7) is 5.00. The van der Waals surface area contributed by atoms with E-state index in [1.165, 1.54) is 6.33 Å². The predicted molar refractivity (Wildman–Crippen MR) is 71.0 cm³/mol. The fraction of sp³-hybridized carbons (Fsp3) is 0.538. The molecule has 0 bridgehead atoms. The first-order valence-corrected chi connectivity index (χ1v) is 6.48. The summed E-state index contributed by atoms with van der Waals surface area (Å²) in [6, 6.07) is 1.75. The van der Waals surface area contributed by atoms with Crippen LogP contribution in [0, 0.1) is 11.8 Å². The second kappa shape index (κ2) is 6.38. The van der Waals surface area contributed by atoms with Gasteiger partial charge in [0, 0.05) is 12.6 Å². The quantitative estimate of drug-likeness (QED) is 0.850. The van der Waals surface area contributed by atoms with Crippen molar-refractivity contribution in [3.8, 4) is 11.5 Å². The van der Waals surface area contributed by atoms with E-state index < -0.39 is 0 Å². The van der Waals surface area contributed by atoms with E-state index in [4.69, 9.17) is 10.3 Å². The fourth-order valence-electron chi connectivity index (χ4n) is 2.04. The predicted octanol–water partition coefficient (Wildman–Crippen LogP) is 1.69. The topological polar surface area (TPSA) is 90.7 Å². The Morgan fingerprint density at radius 2 is 2.21 bits per heavy atom. The Balaban J connectivity index is 2.05. The molecular weight excluding hydrogens is 242 g/mol. The zero-order valence-corrected chi connectivity index (χ0v) is 11.3. The molecule has 0 saturated heterocycles. The molecule has 6 heteroatoms. The summed E-state index contributed by atoms with van der Waals surface area (Å²) in [5, 5.41) is 3.94. The summed E-state index contributed by atoms with van der Waals surface area (Å²) < 4.78 is 5.26. The maximum Gasteiger partial charge on any atom is 0.227 e. The smallest absolute Gasteiger partial charge is 0.227 e. The molecule has 2 rings (SSSR count). The highest BCUT2D eigenvalue weighted by molar-refractivity contribution is 5.46. The minimum atomic E-state index is 0.374. The Bertz CT molecular complexity index is 497. The van der Waals surface area contributed by atoms with Gasteiger partial charge in [0.1, 0.15) is 12.0 Å². The molecule has 0 spiro atoms. The van der Waals surface area contributed by atoms with Gasteiger partial charge in [-0.25, -0.2) is 9.97 Å². The van der Waals surface area contributed by atoms with Crippen LogP contribution in [-0.2, 0) is 6.42 Å². The lowest BCUT2D eigenvalue weighted by Gasteiger charge is -2.14. The van der Waals surface area contributed by atoms with Crippen LogP contribution in [0.1, 0.15) is 26.2 Å². The molecule has 102 valence electrons. The Morgan fingerprint density at radius 3 is 2.84 bits per heavy atom. The van der Waals surface area contributed by atoms with Gasteiger partial charge in [0.2, 0.25) is 11.7 Å². The Morgan fingerprint density at radius 1 is 1.37 bits per heavy atom. The number of nitrogens with zero attached hydrogens (tertiary/aromatic N) is 4. The Kier molecular flexibility index (Phi) is 4.57. The summed E-state index contributed by atoms with van der Waals surface area (Å²) in [5.41, 5.74) is 6.44. The molecule has 0 radical (unpaired) electrons. The van der Waals surface area contributed by atoms with Crippen LogP contribution < -0.4 is 5.73 Å². The first-order valence-electron chi connectivity index (χ1n) is 6.48. The van der Waals surface area contributed by atoms with Crippen molar-refractivity contribution in [2.24, 2.45) is 17.6 Å². The van der Waals surface area contributed by atoms with Crippen molar-refractivity contribution in [1.82, 2.24) is 20.1 Å². The number of hydrogen-bond donors (Lipinski definition) is 1. The lowest BCUT2D eigenvalue weighted by atomic mass is 9.94. The van der Waals surface area contributed by atoms with E-state index in [9.17, 15) is 0 Å². The van der Waals surface area contributed by atoms with Gasteiger partial charge in [0.25, 0.3) is 0 Å². The van der Waals surface area contributed by atoms with E-state index in [-0.39, 0.29) is 0 Å². The van der Waals surface area contributed by atoms with E-state index in [0.29, 0.717) is 42.2 Å². The van der Waals surface area contributed by atoms with Crippen molar-refractivity contribution in [3.63, 3.8) is 0 Å². The number of aromatic nitrogens is 4. The van der Waals surface area contributed by atoms with Crippen LogP contribution in [0.25, 0.3) is 11.5 Å². The lowest BCUT2D eigenvalue weighted by Crippen LogP contribution is -2.19. The monoisotopic (exact) mass is 261 g/mol. The van der Waals surface area contributed by atoms with Crippen LogP contribution >= 0.6 is 0 Å². The average molecular weight is 261 g/mol. The largest absolute Gasteiger partial charge is 0.339 e. The van der Waals surface area contributed by atoms with Crippen LogP contribution in [0.2, 0.25) is 0 Å². The van der Waals surface area contributed by atoms with Gasteiger partial charge in [-0.05, 0) is 30.9 Å². The van der Waals surface area contributed by atoms with Gasteiger partial charge in [0.05, 0.1) is 0 Å². The maximum absolute atomic E-state index is 5.78. The second-order valence-corrected chi connectivity index (χ2v) is 5.04. The van der Waals surface area contributed by atoms with Crippen LogP contribution in [0.3, 0.4) is 0 Å². The molecule has 2 heterocycles. The highest BCUT2D eigenvalue weighted by Crippen LogP contribution is 2.17. The first-order chi connectivity index (χ1) is 9.19. The molecule has 2 N–H and O–H groups in total. The van der Waals surface area contributed by atoms with Crippen LogP contribution in [0.5, 0.6) is 0 Å². The maximum atomic E-state index is 5.78. The Hall–Kier alpha value is -1.82. The molecule has 0 unspecified atom stereocenters. The Labute approximate surface area is 112 Å². The van der Waals surface area contributed by atoms with Gasteiger partial charge in [-0.1, -0.05) is 19.0 Å². The van der Waals surface area contributed by atoms with E-state index in [1.807, 2.05) is 0 Å². The summed E-state index contributed by atoms with van der Waals surface area (Å²) in [4.78, 5) is 12.3. The average Bonchev–Trinajstić information content (AvgIpc) is 2.87. The van der Waals surface area contributed by atoms with Crippen LogP contribution in [0.15, 0.2) is 23.1 Å². The van der Waals surface area contributed by atoms with Crippen molar-refractivity contribution < 1.29 is 4.52 Å². The minimum absolute atomic E-state index is 0.374. The van der Waals surface area contributed by atoms with Gasteiger partial charge >= 0.3 is 0 Å². The standard InChI is InChI=1S/C13H19N5O/c1-9(2)5-10(7-14)6-12-17-13(18-19-12)11-3-4-15-8-16-11/h3-4,8-10H,5-7,14H2,1-2H3/t10-/m0/s1. The number of hydrogen-bond acceptors (Lipinski definition) is 6. The third kappa shape index (κ3) is 3.82. The van der Waals surface area contributed by atoms with Crippen molar-refractivity contribution in [2.75, 3.05) is 6.54 Å². The van der Waals surface area contributed by atoms with E-state index >= 15 is 0 Å². The van der Waals surface area contributed by atoms with E-state index in [0.717, 1.165) is 6.42 Å². The molecular formula is C13H19N5O. The van der Waals surface area contributed by atoms with Crippen LogP contribution in [0.4, 0.5) is 0 Å². The number of rotatable bonds is 6. The van der Waals surface area contributed by atoms with Gasteiger partial charge in [0.15, 0.2) is 0 Å². The molecule has 2 aromatic rings. The minimum Gasteiger partial charge on any atom is -0.339 e. The summed E-state index contributed by atoms with van der Waals surface area (Å²) in [6.07, 6.45) is 4.89. The zero-order chi connectivity index (χ0) is 13.7. The van der Waals surface area contributed by atoms with Gasteiger partial charge in [-0.3, -0.25) is 0 Å². The molecule has 1 atom stereocenters. The molecule has 19 heavy (non-hydrogen) atoms. The van der Waals surface area contributed by atoms with E-state index in [1.54, 1.807) is 12.3 Å². The van der Waals surface area contributed by atoms with E-state index in [2.05, 4.69) is 34.0 Å². The molecule has 0 aliphatic carbocycles. The molecule has 0 aliphatic rings. The molecule has 0 aliphatic heterocycles. The highest BCUT2D eigenvalue weighted by Gasteiger charge is 2.15. The first kappa shape index (κ1) is 13.6. The number of nitrogens with two attached hydrogens (primary N) is 1. The normalized spacial score (nSPS) is 12.8. The molecule has 0 aromatic carbocycles. The summed E-state index contributed by atoms with van der Waals surface area (Å²) >= 11 is 0. The van der Waals surface area contributed by atoms with Crippen molar-refractivity contribution in [2.45, 2.75) is 26.7 Å². The molecule has 0 fully saturated rings. The second-order valence-electron chi connectivity index (χ2n) is 5.04. The van der Waals surface area contributed by atoms with Gasteiger partial charge < -0.3 is 10.3 Å². The third-order valence-electron chi connectivity index (χ3n) is 2.88. The summed E-state index contributed by atoms with van der Waals surface area (Å²) in [7, 11) is 0. The van der Waals surface area contributed by atoms with Crippen molar-refractivity contribution in [3.05, 3.63) is 24.5 Å². The van der Waals surface area contributed by atoms with Gasteiger partial charge in [-0.15, -0.1) is 0 Å². The summed E-state index contributed by atoms with van der Waals surface area (Å²) in [5.74, 6) is 2.10. The molecule has 6 nitrogen and oxygen atoms in total. The highest BCUT2D eigenvalue weighted by atomic mass is 16.5. The van der Waals surface area contributed by atoms with Crippen molar-refractivity contribution >= 4 is 0 Å². The fourth-order valence-corrected chi connectivity index (χ4v) is 2.04. The van der Waals surface area contributed by atoms with Crippen LogP contribution in [-0.4, -0.2) is 26.7 Å².